The van der Waals surface area contributed by atoms with E-state index in [4.69, 9.17) is 4.74 Å². The maximum absolute atomic E-state index is 12.0. The fraction of sp³-hybridized carbons (Fsp3) is 0.600. The first kappa shape index (κ1) is 26.6. The number of methoxy groups -OCH3 is 1. The van der Waals surface area contributed by atoms with Gasteiger partial charge in [0.05, 0.1) is 6.54 Å². The highest BCUT2D eigenvalue weighted by Crippen LogP contribution is 2.06. The number of hydrogen-bond acceptors (Lipinski definition) is 4. The van der Waals surface area contributed by atoms with Gasteiger partial charge in [0.25, 0.3) is 5.91 Å². The SMILES string of the molecule is CCNC(=O)c1cccc(CN=C(NCC)NCCN(C)CCCOC)c1.I. The minimum Gasteiger partial charge on any atom is -0.385 e. The van der Waals surface area contributed by atoms with E-state index in [1.54, 1.807) is 7.11 Å². The topological polar surface area (TPSA) is 78.0 Å². The van der Waals surface area contributed by atoms with E-state index < -0.39 is 0 Å². The molecule has 0 aliphatic rings. The largest absolute Gasteiger partial charge is 0.385 e. The summed E-state index contributed by atoms with van der Waals surface area (Å²) < 4.78 is 5.08. The van der Waals surface area contributed by atoms with Gasteiger partial charge in [-0.15, -0.1) is 24.0 Å². The summed E-state index contributed by atoms with van der Waals surface area (Å²) in [6.07, 6.45) is 1.03. The molecule has 1 aromatic rings. The summed E-state index contributed by atoms with van der Waals surface area (Å²) in [7, 11) is 3.83. The Hall–Kier alpha value is -1.39. The second-order valence-corrected chi connectivity index (χ2v) is 6.33. The third-order valence-electron chi connectivity index (χ3n) is 3.96. The number of ether oxygens (including phenoxy) is 1. The molecule has 160 valence electrons. The van der Waals surface area contributed by atoms with Gasteiger partial charge in [0.15, 0.2) is 5.96 Å². The van der Waals surface area contributed by atoms with Gasteiger partial charge < -0.3 is 25.6 Å². The number of benzene rings is 1. The smallest absolute Gasteiger partial charge is 0.251 e. The summed E-state index contributed by atoms with van der Waals surface area (Å²) in [5.41, 5.74) is 1.67. The number of likely N-dealkylation sites (N-methyl/N-ethyl adjacent to an activating group) is 1. The van der Waals surface area contributed by atoms with Crippen LogP contribution in [0.4, 0.5) is 0 Å². The molecule has 0 radical (unpaired) electrons. The fourth-order valence-electron chi connectivity index (χ4n) is 2.54. The Morgan fingerprint density at radius 3 is 2.57 bits per heavy atom. The Morgan fingerprint density at radius 2 is 1.89 bits per heavy atom. The van der Waals surface area contributed by atoms with Crippen molar-refractivity contribution in [2.45, 2.75) is 26.8 Å². The van der Waals surface area contributed by atoms with Crippen LogP contribution in [0.1, 0.15) is 36.2 Å². The van der Waals surface area contributed by atoms with Gasteiger partial charge in [-0.2, -0.15) is 0 Å². The lowest BCUT2D eigenvalue weighted by Gasteiger charge is -2.18. The van der Waals surface area contributed by atoms with Crippen LogP contribution in [0.15, 0.2) is 29.3 Å². The van der Waals surface area contributed by atoms with Crippen LogP contribution in [0.5, 0.6) is 0 Å². The van der Waals surface area contributed by atoms with E-state index in [0.717, 1.165) is 50.7 Å². The summed E-state index contributed by atoms with van der Waals surface area (Å²) in [4.78, 5) is 18.8. The first-order valence-corrected chi connectivity index (χ1v) is 9.67. The molecular weight excluding hydrogens is 469 g/mol. The number of amides is 1. The third-order valence-corrected chi connectivity index (χ3v) is 3.96. The van der Waals surface area contributed by atoms with Crippen LogP contribution in [0.2, 0.25) is 0 Å². The Morgan fingerprint density at radius 1 is 1.14 bits per heavy atom. The van der Waals surface area contributed by atoms with Crippen LogP contribution < -0.4 is 16.0 Å². The lowest BCUT2D eigenvalue weighted by Crippen LogP contribution is -2.41. The number of rotatable bonds is 12. The highest BCUT2D eigenvalue weighted by molar-refractivity contribution is 14.0. The molecule has 1 rings (SSSR count). The van der Waals surface area contributed by atoms with E-state index in [2.05, 4.69) is 32.9 Å². The number of hydrogen-bond donors (Lipinski definition) is 3. The molecule has 0 fully saturated rings. The highest BCUT2D eigenvalue weighted by atomic mass is 127. The van der Waals surface area contributed by atoms with Crippen molar-refractivity contribution >= 4 is 35.8 Å². The summed E-state index contributed by atoms with van der Waals surface area (Å²) in [5, 5.41) is 9.43. The van der Waals surface area contributed by atoms with Gasteiger partial charge in [-0.3, -0.25) is 4.79 Å². The molecule has 8 heteroatoms. The van der Waals surface area contributed by atoms with Crippen molar-refractivity contribution in [3.8, 4) is 0 Å². The molecule has 0 aliphatic heterocycles. The minimum absolute atomic E-state index is 0. The van der Waals surface area contributed by atoms with E-state index in [0.29, 0.717) is 18.7 Å². The lowest BCUT2D eigenvalue weighted by molar-refractivity contribution is 0.0955. The van der Waals surface area contributed by atoms with Crippen molar-refractivity contribution in [3.63, 3.8) is 0 Å². The van der Waals surface area contributed by atoms with Crippen molar-refractivity contribution in [2.75, 3.05) is 53.5 Å². The molecule has 0 atom stereocenters. The van der Waals surface area contributed by atoms with Crippen molar-refractivity contribution in [1.82, 2.24) is 20.9 Å². The maximum atomic E-state index is 12.0. The van der Waals surface area contributed by atoms with Crippen molar-refractivity contribution < 1.29 is 9.53 Å². The van der Waals surface area contributed by atoms with Crippen molar-refractivity contribution in [1.29, 1.82) is 0 Å². The number of carbonyl (C=O) groups is 1. The molecule has 28 heavy (non-hydrogen) atoms. The molecule has 0 spiro atoms. The zero-order chi connectivity index (χ0) is 19.9. The van der Waals surface area contributed by atoms with Gasteiger partial charge in [-0.1, -0.05) is 12.1 Å². The molecule has 7 nitrogen and oxygen atoms in total. The predicted molar refractivity (Wildman–Crippen MR) is 127 cm³/mol. The number of guanidine groups is 1. The second kappa shape index (κ2) is 16.6. The Bertz CT molecular complexity index is 583. The predicted octanol–water partition coefficient (Wildman–Crippen LogP) is 2.08. The number of nitrogens with one attached hydrogen (secondary N) is 3. The Kier molecular flexibility index (Phi) is 15.7. The molecule has 0 heterocycles. The normalized spacial score (nSPS) is 11.1. The van der Waals surface area contributed by atoms with Gasteiger partial charge in [-0.25, -0.2) is 4.99 Å². The quantitative estimate of drug-likeness (QED) is 0.176. The Labute approximate surface area is 186 Å². The standard InChI is InChI=1S/C20H35N5O2.HI/c1-5-21-19(26)18-10-7-9-17(15-18)16-24-20(22-6-2)23-11-13-25(3)12-8-14-27-4;/h7,9-10,15H,5-6,8,11-14,16H2,1-4H3,(H,21,26)(H2,22,23,24);1H. The summed E-state index contributed by atoms with van der Waals surface area (Å²) in [6.45, 7) is 9.44. The number of nitrogens with zero attached hydrogens (tertiary/aromatic N) is 2. The highest BCUT2D eigenvalue weighted by Gasteiger charge is 2.05. The van der Waals surface area contributed by atoms with Gasteiger partial charge >= 0.3 is 0 Å². The van der Waals surface area contributed by atoms with E-state index in [1.165, 1.54) is 0 Å². The molecule has 1 amide bonds. The van der Waals surface area contributed by atoms with E-state index in [9.17, 15) is 4.79 Å². The van der Waals surface area contributed by atoms with Crippen LogP contribution in [-0.2, 0) is 11.3 Å². The molecule has 3 N–H and O–H groups in total. The van der Waals surface area contributed by atoms with Crippen molar-refractivity contribution in [2.24, 2.45) is 4.99 Å². The first-order valence-electron chi connectivity index (χ1n) is 9.67. The summed E-state index contributed by atoms with van der Waals surface area (Å²) in [6, 6.07) is 7.59. The zero-order valence-corrected chi connectivity index (χ0v) is 19.9. The molecule has 0 unspecified atom stereocenters. The minimum atomic E-state index is -0.0510. The monoisotopic (exact) mass is 505 g/mol. The Balaban J connectivity index is 0.00000729. The van der Waals surface area contributed by atoms with Crippen molar-refractivity contribution in [3.05, 3.63) is 35.4 Å². The van der Waals surface area contributed by atoms with Gasteiger partial charge in [0.1, 0.15) is 0 Å². The molecule has 0 aliphatic carbocycles. The molecule has 0 saturated carbocycles. The summed E-state index contributed by atoms with van der Waals surface area (Å²) in [5.74, 6) is 0.732. The van der Waals surface area contributed by atoms with Crippen LogP contribution in [0.3, 0.4) is 0 Å². The molecule has 1 aromatic carbocycles. The van der Waals surface area contributed by atoms with E-state index in [-0.39, 0.29) is 29.9 Å². The molecular formula is C20H36IN5O2. The first-order chi connectivity index (χ1) is 13.1. The van der Waals surface area contributed by atoms with E-state index >= 15 is 0 Å². The van der Waals surface area contributed by atoms with E-state index in [1.807, 2.05) is 38.1 Å². The third kappa shape index (κ3) is 11.5. The molecule has 0 bridgehead atoms. The number of carbonyl (C=O) groups excluding carboxylic acids is 1. The van der Waals surface area contributed by atoms with Crippen LogP contribution >= 0.6 is 24.0 Å². The number of halogens is 1. The zero-order valence-electron chi connectivity index (χ0n) is 17.6. The lowest BCUT2D eigenvalue weighted by atomic mass is 10.1. The summed E-state index contributed by atoms with van der Waals surface area (Å²) >= 11 is 0. The fourth-order valence-corrected chi connectivity index (χ4v) is 2.54. The number of aliphatic imine (C=N–C) groups is 1. The maximum Gasteiger partial charge on any atom is 0.251 e. The second-order valence-electron chi connectivity index (χ2n) is 6.33. The average molecular weight is 505 g/mol. The van der Waals surface area contributed by atoms with Gasteiger partial charge in [-0.05, 0) is 45.0 Å². The van der Waals surface area contributed by atoms with Crippen LogP contribution in [-0.4, -0.2) is 70.3 Å². The average Bonchev–Trinajstić information content (AvgIpc) is 2.67. The van der Waals surface area contributed by atoms with Gasteiger partial charge in [0, 0.05) is 52.0 Å². The van der Waals surface area contributed by atoms with Crippen LogP contribution in [0, 0.1) is 0 Å². The molecule has 0 saturated heterocycles. The molecule has 0 aromatic heterocycles. The van der Waals surface area contributed by atoms with Gasteiger partial charge in [0.2, 0.25) is 0 Å². The van der Waals surface area contributed by atoms with Crippen LogP contribution in [0.25, 0.3) is 0 Å².